The van der Waals surface area contributed by atoms with Gasteiger partial charge < -0.3 is 0 Å². The average Bonchev–Trinajstić information content (AvgIpc) is 1.87. The Kier molecular flexibility index (Phi) is 5.98. The lowest BCUT2D eigenvalue weighted by Gasteiger charge is -2.30. The zero-order valence-electron chi connectivity index (χ0n) is 8.10. The van der Waals surface area contributed by atoms with Crippen LogP contribution in [-0.4, -0.2) is 29.4 Å². The molecule has 0 amide bonds. The van der Waals surface area contributed by atoms with Gasteiger partial charge in [-0.2, -0.15) is 0 Å². The molecule has 0 heterocycles. The molecule has 0 aliphatic heterocycles. The summed E-state index contributed by atoms with van der Waals surface area (Å²) in [6.07, 6.45) is 1.10. The molecular formula is C9H20ClN. The first-order valence-electron chi connectivity index (χ1n) is 4.41. The van der Waals surface area contributed by atoms with Gasteiger partial charge in [0.15, 0.2) is 0 Å². The van der Waals surface area contributed by atoms with Crippen LogP contribution >= 0.6 is 11.6 Å². The first-order chi connectivity index (χ1) is 5.09. The maximum atomic E-state index is 5.63. The summed E-state index contributed by atoms with van der Waals surface area (Å²) in [6, 6.07) is 1.27. The lowest BCUT2D eigenvalue weighted by atomic mass is 10.2. The number of rotatable bonds is 5. The molecule has 0 aromatic carbocycles. The topological polar surface area (TPSA) is 3.24 Å². The second kappa shape index (κ2) is 5.84. The SMILES string of the molecule is CC(C)N(CCCCl)C(C)C. The van der Waals surface area contributed by atoms with Crippen LogP contribution in [0.2, 0.25) is 0 Å². The molecule has 0 spiro atoms. The molecule has 2 heteroatoms. The minimum Gasteiger partial charge on any atom is -0.298 e. The molecule has 0 unspecified atom stereocenters. The van der Waals surface area contributed by atoms with Crippen molar-refractivity contribution in [2.45, 2.75) is 46.2 Å². The van der Waals surface area contributed by atoms with E-state index in [-0.39, 0.29) is 0 Å². The van der Waals surface area contributed by atoms with E-state index in [0.29, 0.717) is 12.1 Å². The van der Waals surface area contributed by atoms with Gasteiger partial charge in [0.1, 0.15) is 0 Å². The summed E-state index contributed by atoms with van der Waals surface area (Å²) < 4.78 is 0. The molecule has 0 N–H and O–H groups in total. The van der Waals surface area contributed by atoms with Crippen molar-refractivity contribution in [2.24, 2.45) is 0 Å². The van der Waals surface area contributed by atoms with Crippen molar-refractivity contribution in [1.29, 1.82) is 0 Å². The van der Waals surface area contributed by atoms with E-state index < -0.39 is 0 Å². The van der Waals surface area contributed by atoms with Crippen molar-refractivity contribution >= 4 is 11.6 Å². The summed E-state index contributed by atoms with van der Waals surface area (Å²) in [5.74, 6) is 0.774. The van der Waals surface area contributed by atoms with Crippen molar-refractivity contribution in [3.05, 3.63) is 0 Å². The maximum absolute atomic E-state index is 5.63. The van der Waals surface area contributed by atoms with Crippen molar-refractivity contribution in [2.75, 3.05) is 12.4 Å². The van der Waals surface area contributed by atoms with Crippen LogP contribution in [-0.2, 0) is 0 Å². The molecule has 0 bridgehead atoms. The molecule has 0 rings (SSSR count). The lowest BCUT2D eigenvalue weighted by Crippen LogP contribution is -2.37. The van der Waals surface area contributed by atoms with Crippen LogP contribution in [0.1, 0.15) is 34.1 Å². The Morgan fingerprint density at radius 2 is 1.55 bits per heavy atom. The largest absolute Gasteiger partial charge is 0.298 e. The first-order valence-corrected chi connectivity index (χ1v) is 4.94. The number of hydrogen-bond donors (Lipinski definition) is 0. The summed E-state index contributed by atoms with van der Waals surface area (Å²) in [5, 5.41) is 0. The molecule has 0 aliphatic carbocycles. The van der Waals surface area contributed by atoms with Gasteiger partial charge in [-0.25, -0.2) is 0 Å². The molecular weight excluding hydrogens is 158 g/mol. The van der Waals surface area contributed by atoms with E-state index in [1.165, 1.54) is 0 Å². The fourth-order valence-electron chi connectivity index (χ4n) is 1.36. The summed E-state index contributed by atoms with van der Waals surface area (Å²) >= 11 is 5.63. The summed E-state index contributed by atoms with van der Waals surface area (Å²) in [7, 11) is 0. The third-order valence-corrected chi connectivity index (χ3v) is 2.14. The zero-order valence-corrected chi connectivity index (χ0v) is 8.86. The van der Waals surface area contributed by atoms with E-state index in [9.17, 15) is 0 Å². The predicted octanol–water partition coefficient (Wildman–Crippen LogP) is 2.73. The summed E-state index contributed by atoms with van der Waals surface area (Å²) in [6.45, 7) is 10.0. The van der Waals surface area contributed by atoms with Crippen LogP contribution < -0.4 is 0 Å². The number of alkyl halides is 1. The van der Waals surface area contributed by atoms with Crippen LogP contribution in [0.5, 0.6) is 0 Å². The van der Waals surface area contributed by atoms with Gasteiger partial charge in [0.2, 0.25) is 0 Å². The molecule has 0 fully saturated rings. The van der Waals surface area contributed by atoms with Crippen molar-refractivity contribution in [3.8, 4) is 0 Å². The Balaban J connectivity index is 3.70. The van der Waals surface area contributed by atoms with Crippen molar-refractivity contribution in [3.63, 3.8) is 0 Å². The van der Waals surface area contributed by atoms with E-state index >= 15 is 0 Å². The highest BCUT2D eigenvalue weighted by atomic mass is 35.5. The molecule has 11 heavy (non-hydrogen) atoms. The van der Waals surface area contributed by atoms with Crippen LogP contribution in [0.25, 0.3) is 0 Å². The van der Waals surface area contributed by atoms with Gasteiger partial charge in [0, 0.05) is 18.0 Å². The number of hydrogen-bond acceptors (Lipinski definition) is 1. The Bertz CT molecular complexity index is 83.6. The highest BCUT2D eigenvalue weighted by molar-refractivity contribution is 6.17. The van der Waals surface area contributed by atoms with E-state index in [2.05, 4.69) is 32.6 Å². The van der Waals surface area contributed by atoms with Crippen LogP contribution in [0, 0.1) is 0 Å². The molecule has 0 atom stereocenters. The fraction of sp³-hybridized carbons (Fsp3) is 1.00. The van der Waals surface area contributed by atoms with Gasteiger partial charge >= 0.3 is 0 Å². The second-order valence-electron chi connectivity index (χ2n) is 3.47. The molecule has 1 nitrogen and oxygen atoms in total. The van der Waals surface area contributed by atoms with Gasteiger partial charge in [0.25, 0.3) is 0 Å². The zero-order chi connectivity index (χ0) is 8.85. The van der Waals surface area contributed by atoms with Crippen molar-refractivity contribution < 1.29 is 0 Å². The lowest BCUT2D eigenvalue weighted by molar-refractivity contribution is 0.176. The average molecular weight is 178 g/mol. The van der Waals surface area contributed by atoms with Gasteiger partial charge in [0.05, 0.1) is 0 Å². The van der Waals surface area contributed by atoms with Crippen LogP contribution in [0.15, 0.2) is 0 Å². The fourth-order valence-corrected chi connectivity index (χ4v) is 1.47. The first kappa shape index (κ1) is 11.2. The van der Waals surface area contributed by atoms with Crippen LogP contribution in [0.4, 0.5) is 0 Å². The molecule has 0 aliphatic rings. The van der Waals surface area contributed by atoms with Gasteiger partial charge in [-0.3, -0.25) is 4.90 Å². The third-order valence-electron chi connectivity index (χ3n) is 1.88. The van der Waals surface area contributed by atoms with Gasteiger partial charge in [-0.1, -0.05) is 0 Å². The monoisotopic (exact) mass is 177 g/mol. The van der Waals surface area contributed by atoms with Gasteiger partial charge in [-0.05, 0) is 40.7 Å². The number of nitrogens with zero attached hydrogens (tertiary/aromatic N) is 1. The van der Waals surface area contributed by atoms with E-state index in [1.807, 2.05) is 0 Å². The minimum absolute atomic E-state index is 0.637. The Morgan fingerprint density at radius 3 is 1.82 bits per heavy atom. The third kappa shape index (κ3) is 4.65. The molecule has 0 saturated heterocycles. The highest BCUT2D eigenvalue weighted by Gasteiger charge is 2.11. The quantitative estimate of drug-likeness (QED) is 0.584. The Hall–Kier alpha value is 0.250. The smallest absolute Gasteiger partial charge is 0.0235 e. The van der Waals surface area contributed by atoms with E-state index in [4.69, 9.17) is 11.6 Å². The van der Waals surface area contributed by atoms with E-state index in [0.717, 1.165) is 18.8 Å². The normalized spacial score (nSPS) is 12.0. The Labute approximate surface area is 75.7 Å². The molecule has 0 aromatic rings. The minimum atomic E-state index is 0.637. The molecule has 68 valence electrons. The molecule has 0 saturated carbocycles. The highest BCUT2D eigenvalue weighted by Crippen LogP contribution is 2.05. The molecule has 0 radical (unpaired) electrons. The second-order valence-corrected chi connectivity index (χ2v) is 3.85. The van der Waals surface area contributed by atoms with Gasteiger partial charge in [-0.15, -0.1) is 11.6 Å². The summed E-state index contributed by atoms with van der Waals surface area (Å²) in [5.41, 5.74) is 0. The Morgan fingerprint density at radius 1 is 1.09 bits per heavy atom. The van der Waals surface area contributed by atoms with Crippen LogP contribution in [0.3, 0.4) is 0 Å². The van der Waals surface area contributed by atoms with Crippen molar-refractivity contribution in [1.82, 2.24) is 4.90 Å². The van der Waals surface area contributed by atoms with E-state index in [1.54, 1.807) is 0 Å². The molecule has 0 aromatic heterocycles. The maximum Gasteiger partial charge on any atom is 0.0235 e. The standard InChI is InChI=1S/C9H20ClN/c1-8(2)11(9(3)4)7-5-6-10/h8-9H,5-7H2,1-4H3. The predicted molar refractivity (Wildman–Crippen MR) is 52.3 cm³/mol. The summed E-state index contributed by atoms with van der Waals surface area (Å²) in [4.78, 5) is 2.46. The number of halogens is 1.